The van der Waals surface area contributed by atoms with Gasteiger partial charge in [0.1, 0.15) is 16.2 Å². The van der Waals surface area contributed by atoms with E-state index in [0.29, 0.717) is 30.6 Å². The molecule has 2 aromatic heterocycles. The van der Waals surface area contributed by atoms with Crippen LogP contribution >= 0.6 is 23.1 Å². The van der Waals surface area contributed by atoms with Gasteiger partial charge < -0.3 is 5.32 Å². The lowest BCUT2D eigenvalue weighted by atomic mass is 9.72. The van der Waals surface area contributed by atoms with E-state index in [1.165, 1.54) is 22.2 Å². The summed E-state index contributed by atoms with van der Waals surface area (Å²) in [5.74, 6) is 1.27. The molecule has 1 amide bonds. The molecule has 2 aliphatic rings. The molecule has 1 atom stereocenters. The second kappa shape index (κ2) is 10.9. The third kappa shape index (κ3) is 5.78. The van der Waals surface area contributed by atoms with Crippen molar-refractivity contribution in [3.63, 3.8) is 0 Å². The topological polar surface area (TPSA) is 92.3 Å². The van der Waals surface area contributed by atoms with Gasteiger partial charge in [0.15, 0.2) is 0 Å². The van der Waals surface area contributed by atoms with E-state index in [2.05, 4.69) is 43.0 Å². The zero-order valence-corrected chi connectivity index (χ0v) is 24.9. The van der Waals surface area contributed by atoms with Crippen LogP contribution in [0.3, 0.4) is 0 Å². The van der Waals surface area contributed by atoms with E-state index in [4.69, 9.17) is 0 Å². The van der Waals surface area contributed by atoms with Crippen molar-refractivity contribution in [2.24, 2.45) is 17.3 Å². The third-order valence-electron chi connectivity index (χ3n) is 7.89. The lowest BCUT2D eigenvalue weighted by Crippen LogP contribution is -2.37. The summed E-state index contributed by atoms with van der Waals surface area (Å²) in [5, 5.41) is 4.86. The molecule has 3 heterocycles. The molecule has 10 heteroatoms. The molecule has 0 saturated carbocycles. The number of benzene rings is 1. The van der Waals surface area contributed by atoms with E-state index in [1.807, 2.05) is 0 Å². The molecule has 7 nitrogen and oxygen atoms in total. The average molecular weight is 573 g/mol. The van der Waals surface area contributed by atoms with Gasteiger partial charge in [-0.3, -0.25) is 4.79 Å². The fourth-order valence-electron chi connectivity index (χ4n) is 5.35. The van der Waals surface area contributed by atoms with Gasteiger partial charge in [-0.15, -0.1) is 11.3 Å². The average Bonchev–Trinajstić information content (AvgIpc) is 3.26. The number of aryl methyl sites for hydroxylation is 1. The van der Waals surface area contributed by atoms with Crippen LogP contribution in [0.2, 0.25) is 0 Å². The van der Waals surface area contributed by atoms with Crippen LogP contribution in [0.4, 0.5) is 5.69 Å². The normalized spacial score (nSPS) is 19.4. The molecule has 1 aromatic carbocycles. The van der Waals surface area contributed by atoms with Crippen LogP contribution in [0.25, 0.3) is 10.2 Å². The third-order valence-corrected chi connectivity index (χ3v) is 12.0. The number of piperidine rings is 1. The maximum Gasteiger partial charge on any atom is 0.243 e. The number of thiophene rings is 1. The Kier molecular flexibility index (Phi) is 7.88. The summed E-state index contributed by atoms with van der Waals surface area (Å²) < 4.78 is 27.5. The van der Waals surface area contributed by atoms with Crippen LogP contribution < -0.4 is 5.32 Å². The molecule has 5 rings (SSSR count). The largest absolute Gasteiger partial charge is 0.325 e. The van der Waals surface area contributed by atoms with Gasteiger partial charge in [0.05, 0.1) is 10.6 Å². The number of hydrogen-bond acceptors (Lipinski definition) is 7. The number of aromatic nitrogens is 2. The predicted molar refractivity (Wildman–Crippen MR) is 155 cm³/mol. The molecule has 0 unspecified atom stereocenters. The van der Waals surface area contributed by atoms with Crippen LogP contribution in [0, 0.1) is 17.3 Å². The molecule has 0 spiro atoms. The number of sulfonamides is 1. The smallest absolute Gasteiger partial charge is 0.243 e. The van der Waals surface area contributed by atoms with Crippen molar-refractivity contribution in [1.29, 1.82) is 0 Å². The number of amides is 1. The highest BCUT2D eigenvalue weighted by atomic mass is 32.2. The summed E-state index contributed by atoms with van der Waals surface area (Å²) >= 11 is 3.19. The Labute approximate surface area is 233 Å². The molecular weight excluding hydrogens is 537 g/mol. The molecule has 1 aliphatic carbocycles. The Balaban J connectivity index is 1.23. The summed E-state index contributed by atoms with van der Waals surface area (Å²) in [6.07, 6.45) is 6.62. The summed E-state index contributed by atoms with van der Waals surface area (Å²) in [7, 11) is -3.51. The Bertz CT molecular complexity index is 1420. The molecule has 1 N–H and O–H groups in total. The van der Waals surface area contributed by atoms with E-state index >= 15 is 0 Å². The van der Waals surface area contributed by atoms with E-state index in [1.54, 1.807) is 46.2 Å². The number of thioether (sulfide) groups is 1. The molecule has 1 aliphatic heterocycles. The summed E-state index contributed by atoms with van der Waals surface area (Å²) in [6.45, 7) is 10.2. The molecule has 3 aromatic rings. The lowest BCUT2D eigenvalue weighted by molar-refractivity contribution is -0.113. The van der Waals surface area contributed by atoms with Gasteiger partial charge in [-0.25, -0.2) is 18.4 Å². The Morgan fingerprint density at radius 2 is 1.84 bits per heavy atom. The van der Waals surface area contributed by atoms with Gasteiger partial charge >= 0.3 is 0 Å². The minimum Gasteiger partial charge on any atom is -0.325 e. The van der Waals surface area contributed by atoms with Gasteiger partial charge in [-0.1, -0.05) is 39.5 Å². The lowest BCUT2D eigenvalue weighted by Gasteiger charge is -2.33. The molecule has 1 fully saturated rings. The van der Waals surface area contributed by atoms with Gasteiger partial charge in [-0.05, 0) is 79.2 Å². The van der Waals surface area contributed by atoms with Crippen molar-refractivity contribution in [2.75, 3.05) is 24.2 Å². The monoisotopic (exact) mass is 572 g/mol. The number of carbonyl (C=O) groups excluding carboxylic acids is 1. The maximum absolute atomic E-state index is 13.0. The summed E-state index contributed by atoms with van der Waals surface area (Å²) in [5.41, 5.74) is 2.22. The van der Waals surface area contributed by atoms with E-state index in [-0.39, 0.29) is 22.0 Å². The predicted octanol–water partition coefficient (Wildman–Crippen LogP) is 5.99. The standard InChI is InChI=1S/C28H36N4O3S3/c1-18-11-13-32(14-12-18)38(34,35)21-8-6-20(7-9-21)31-24(33)16-36-26-25-22-10-5-19(28(2,3)4)15-23(22)37-27(25)30-17-29-26/h6-9,17-19H,5,10-16H2,1-4H3,(H,31,33)/t19-/m0/s1. The van der Waals surface area contributed by atoms with Crippen LogP contribution in [0.1, 0.15) is 57.4 Å². The number of carbonyl (C=O) groups is 1. The molecule has 204 valence electrons. The van der Waals surface area contributed by atoms with E-state index < -0.39 is 10.0 Å². The molecule has 0 bridgehead atoms. The number of nitrogens with one attached hydrogen (secondary N) is 1. The highest BCUT2D eigenvalue weighted by Gasteiger charge is 2.32. The van der Waals surface area contributed by atoms with Crippen molar-refractivity contribution in [2.45, 2.75) is 69.7 Å². The fraction of sp³-hybridized carbons (Fsp3) is 0.536. The highest BCUT2D eigenvalue weighted by Crippen LogP contribution is 2.44. The Morgan fingerprint density at radius 1 is 1.13 bits per heavy atom. The van der Waals surface area contributed by atoms with Gasteiger partial charge in [0.25, 0.3) is 0 Å². The Morgan fingerprint density at radius 3 is 2.53 bits per heavy atom. The second-order valence-electron chi connectivity index (χ2n) is 11.6. The first-order valence-electron chi connectivity index (χ1n) is 13.3. The molecule has 1 saturated heterocycles. The van der Waals surface area contributed by atoms with Crippen molar-refractivity contribution in [1.82, 2.24) is 14.3 Å². The molecular formula is C28H36N4O3S3. The SMILES string of the molecule is CC1CCN(S(=O)(=O)c2ccc(NC(=O)CSc3ncnc4sc5c(c34)CC[C@H](C(C)(C)C)C5)cc2)CC1. The highest BCUT2D eigenvalue weighted by molar-refractivity contribution is 8.00. The number of hydrogen-bond donors (Lipinski definition) is 1. The first kappa shape index (κ1) is 27.6. The Hall–Kier alpha value is -2.01. The van der Waals surface area contributed by atoms with Crippen LogP contribution in [-0.2, 0) is 27.7 Å². The van der Waals surface area contributed by atoms with Crippen molar-refractivity contribution in [3.05, 3.63) is 41.0 Å². The quantitative estimate of drug-likeness (QED) is 0.288. The van der Waals surface area contributed by atoms with Crippen molar-refractivity contribution >= 4 is 54.9 Å². The summed E-state index contributed by atoms with van der Waals surface area (Å²) in [4.78, 5) is 24.5. The van der Waals surface area contributed by atoms with E-state index in [9.17, 15) is 13.2 Å². The second-order valence-corrected chi connectivity index (χ2v) is 15.6. The molecule has 0 radical (unpaired) electrons. The minimum absolute atomic E-state index is 0.153. The van der Waals surface area contributed by atoms with Gasteiger partial charge in [-0.2, -0.15) is 4.31 Å². The van der Waals surface area contributed by atoms with Crippen LogP contribution in [0.15, 0.2) is 40.5 Å². The minimum atomic E-state index is -3.51. The number of nitrogens with zero attached hydrogens (tertiary/aromatic N) is 3. The van der Waals surface area contributed by atoms with E-state index in [0.717, 1.165) is 47.3 Å². The van der Waals surface area contributed by atoms with Crippen molar-refractivity contribution in [3.8, 4) is 0 Å². The number of anilines is 1. The maximum atomic E-state index is 13.0. The van der Waals surface area contributed by atoms with Gasteiger partial charge in [0, 0.05) is 29.0 Å². The number of rotatable bonds is 6. The van der Waals surface area contributed by atoms with Crippen LogP contribution in [0.5, 0.6) is 0 Å². The summed E-state index contributed by atoms with van der Waals surface area (Å²) in [6, 6.07) is 6.47. The number of fused-ring (bicyclic) bond motifs is 3. The fourth-order valence-corrected chi connectivity index (χ4v) is 8.97. The van der Waals surface area contributed by atoms with Gasteiger partial charge in [0.2, 0.25) is 15.9 Å². The zero-order chi connectivity index (χ0) is 27.1. The zero-order valence-electron chi connectivity index (χ0n) is 22.5. The first-order chi connectivity index (χ1) is 18.0. The van der Waals surface area contributed by atoms with Crippen LogP contribution in [-0.4, -0.2) is 47.4 Å². The first-order valence-corrected chi connectivity index (χ1v) is 16.5. The molecule has 38 heavy (non-hydrogen) atoms. The van der Waals surface area contributed by atoms with Crippen molar-refractivity contribution < 1.29 is 13.2 Å².